The highest BCUT2D eigenvalue weighted by Gasteiger charge is 2.15. The fraction of sp³-hybridized carbons (Fsp3) is 0.471. The number of halogens is 1. The number of carbonyl (C=O) groups excluding carboxylic acids is 1. The third-order valence-electron chi connectivity index (χ3n) is 3.83. The maximum absolute atomic E-state index is 12.3. The predicted molar refractivity (Wildman–Crippen MR) is 95.8 cm³/mol. The number of rotatable bonds is 6. The van der Waals surface area contributed by atoms with E-state index in [9.17, 15) is 4.79 Å². The van der Waals surface area contributed by atoms with E-state index >= 15 is 0 Å². The van der Waals surface area contributed by atoms with Gasteiger partial charge in [-0.05, 0) is 66.8 Å². The van der Waals surface area contributed by atoms with Crippen molar-refractivity contribution in [2.45, 2.75) is 32.1 Å². The molecule has 1 N–H and O–H groups in total. The van der Waals surface area contributed by atoms with E-state index in [2.05, 4.69) is 34.0 Å². The molecule has 0 saturated heterocycles. The van der Waals surface area contributed by atoms with Gasteiger partial charge in [0.2, 0.25) is 0 Å². The number of hydrogen-bond donors (Lipinski definition) is 1. The van der Waals surface area contributed by atoms with E-state index in [1.54, 1.807) is 20.3 Å². The normalized spacial score (nSPS) is 14.2. The molecule has 1 aliphatic rings. The van der Waals surface area contributed by atoms with Crippen LogP contribution in [-0.4, -0.2) is 26.7 Å². The number of hydrogen-bond acceptors (Lipinski definition) is 3. The van der Waals surface area contributed by atoms with Crippen LogP contribution in [-0.2, 0) is 0 Å². The molecule has 0 atom stereocenters. The van der Waals surface area contributed by atoms with Gasteiger partial charge < -0.3 is 14.8 Å². The van der Waals surface area contributed by atoms with Crippen LogP contribution >= 0.6 is 22.6 Å². The number of benzene rings is 1. The van der Waals surface area contributed by atoms with Crippen LogP contribution in [0.5, 0.6) is 11.5 Å². The average molecular weight is 415 g/mol. The Hall–Kier alpha value is -1.24. The highest BCUT2D eigenvalue weighted by molar-refractivity contribution is 14.1. The van der Waals surface area contributed by atoms with Gasteiger partial charge in [-0.2, -0.15) is 0 Å². The molecule has 1 aromatic carbocycles. The summed E-state index contributed by atoms with van der Waals surface area (Å²) in [6.45, 7) is 0.676. The van der Waals surface area contributed by atoms with Crippen LogP contribution in [0.2, 0.25) is 0 Å². The van der Waals surface area contributed by atoms with Gasteiger partial charge in [0.15, 0.2) is 11.5 Å². The largest absolute Gasteiger partial charge is 0.493 e. The lowest BCUT2D eigenvalue weighted by molar-refractivity contribution is 0.0952. The molecule has 0 aliphatic heterocycles. The van der Waals surface area contributed by atoms with Gasteiger partial charge in [-0.15, -0.1) is 0 Å². The molecule has 2 rings (SSSR count). The van der Waals surface area contributed by atoms with E-state index in [1.165, 1.54) is 31.3 Å². The summed E-state index contributed by atoms with van der Waals surface area (Å²) in [6.07, 6.45) is 8.17. The maximum Gasteiger partial charge on any atom is 0.252 e. The summed E-state index contributed by atoms with van der Waals surface area (Å²) < 4.78 is 11.4. The summed E-state index contributed by atoms with van der Waals surface area (Å²) in [4.78, 5) is 12.3. The highest BCUT2D eigenvalue weighted by Crippen LogP contribution is 2.31. The summed E-state index contributed by atoms with van der Waals surface area (Å²) in [5.41, 5.74) is 2.09. The first kappa shape index (κ1) is 17.1. The maximum atomic E-state index is 12.3. The monoisotopic (exact) mass is 415 g/mol. The number of methoxy groups -OCH3 is 2. The molecule has 0 bridgehead atoms. The van der Waals surface area contributed by atoms with Crippen LogP contribution < -0.4 is 14.8 Å². The molecule has 5 heteroatoms. The van der Waals surface area contributed by atoms with Crippen molar-refractivity contribution in [2.24, 2.45) is 0 Å². The topological polar surface area (TPSA) is 47.6 Å². The zero-order valence-corrected chi connectivity index (χ0v) is 15.2. The van der Waals surface area contributed by atoms with Gasteiger partial charge in [0, 0.05) is 10.1 Å². The fourth-order valence-corrected chi connectivity index (χ4v) is 3.28. The molecule has 1 aromatic rings. The second-order valence-electron chi connectivity index (χ2n) is 5.30. The third kappa shape index (κ3) is 4.38. The minimum Gasteiger partial charge on any atom is -0.493 e. The van der Waals surface area contributed by atoms with Gasteiger partial charge in [0.25, 0.3) is 5.91 Å². The Bertz CT molecular complexity index is 569. The lowest BCUT2D eigenvalue weighted by Crippen LogP contribution is -2.25. The molecule has 1 aliphatic carbocycles. The Kier molecular flexibility index (Phi) is 6.54. The second-order valence-corrected chi connectivity index (χ2v) is 6.46. The van der Waals surface area contributed by atoms with Gasteiger partial charge in [0.05, 0.1) is 19.8 Å². The smallest absolute Gasteiger partial charge is 0.252 e. The van der Waals surface area contributed by atoms with Crippen LogP contribution in [0.25, 0.3) is 0 Å². The van der Waals surface area contributed by atoms with E-state index in [-0.39, 0.29) is 5.91 Å². The lowest BCUT2D eigenvalue weighted by atomic mass is 9.97. The van der Waals surface area contributed by atoms with E-state index in [1.807, 2.05) is 6.07 Å². The van der Waals surface area contributed by atoms with Crippen molar-refractivity contribution in [3.8, 4) is 11.5 Å². The van der Waals surface area contributed by atoms with Crippen molar-refractivity contribution in [2.75, 3.05) is 20.8 Å². The van der Waals surface area contributed by atoms with Crippen LogP contribution in [0.4, 0.5) is 0 Å². The summed E-state index contributed by atoms with van der Waals surface area (Å²) >= 11 is 2.14. The van der Waals surface area contributed by atoms with Crippen molar-refractivity contribution in [1.29, 1.82) is 0 Å². The molecule has 22 heavy (non-hydrogen) atoms. The number of nitrogens with one attached hydrogen (secondary N) is 1. The van der Waals surface area contributed by atoms with E-state index in [0.29, 0.717) is 23.6 Å². The Morgan fingerprint density at radius 2 is 1.95 bits per heavy atom. The number of ether oxygens (including phenoxy) is 2. The molecule has 0 spiro atoms. The fourth-order valence-electron chi connectivity index (χ4n) is 2.59. The van der Waals surface area contributed by atoms with E-state index < -0.39 is 0 Å². The lowest BCUT2D eigenvalue weighted by Gasteiger charge is -2.14. The summed E-state index contributed by atoms with van der Waals surface area (Å²) in [7, 11) is 3.16. The average Bonchev–Trinajstić information content (AvgIpc) is 2.55. The van der Waals surface area contributed by atoms with E-state index in [0.717, 1.165) is 9.99 Å². The van der Waals surface area contributed by atoms with E-state index in [4.69, 9.17) is 9.47 Å². The number of allylic oxidation sites excluding steroid dienone is 1. The Morgan fingerprint density at radius 1 is 1.23 bits per heavy atom. The molecular weight excluding hydrogens is 393 g/mol. The van der Waals surface area contributed by atoms with Crippen LogP contribution in [0.3, 0.4) is 0 Å². The zero-order chi connectivity index (χ0) is 15.9. The minimum absolute atomic E-state index is 0.0678. The van der Waals surface area contributed by atoms with Gasteiger partial charge in [-0.1, -0.05) is 11.6 Å². The standard InChI is InChI=1S/C17H22INO3/c1-21-15-10-13(14(18)11-16(15)22-2)17(20)19-9-8-12-6-4-3-5-7-12/h6,10-11H,3-5,7-9H2,1-2H3,(H,19,20). The summed E-state index contributed by atoms with van der Waals surface area (Å²) in [5, 5.41) is 2.99. The van der Waals surface area contributed by atoms with Gasteiger partial charge >= 0.3 is 0 Å². The van der Waals surface area contributed by atoms with Crippen molar-refractivity contribution in [1.82, 2.24) is 5.32 Å². The van der Waals surface area contributed by atoms with Crippen molar-refractivity contribution >= 4 is 28.5 Å². The molecular formula is C17H22INO3. The molecule has 0 unspecified atom stereocenters. The molecule has 0 saturated carbocycles. The number of carbonyl (C=O) groups is 1. The first-order valence-corrected chi connectivity index (χ1v) is 8.61. The first-order valence-electron chi connectivity index (χ1n) is 7.53. The molecule has 0 aromatic heterocycles. The highest BCUT2D eigenvalue weighted by atomic mass is 127. The molecule has 0 radical (unpaired) electrons. The first-order chi connectivity index (χ1) is 10.7. The summed E-state index contributed by atoms with van der Waals surface area (Å²) in [6, 6.07) is 3.55. The van der Waals surface area contributed by atoms with Crippen molar-refractivity contribution in [3.05, 3.63) is 32.9 Å². The Balaban J connectivity index is 1.98. The SMILES string of the molecule is COc1cc(I)c(C(=O)NCCC2=CCCCC2)cc1OC. The number of amides is 1. The quantitative estimate of drug-likeness (QED) is 0.566. The van der Waals surface area contributed by atoms with Crippen LogP contribution in [0.15, 0.2) is 23.8 Å². The molecule has 0 heterocycles. The summed E-state index contributed by atoms with van der Waals surface area (Å²) in [5.74, 6) is 1.14. The minimum atomic E-state index is -0.0678. The van der Waals surface area contributed by atoms with Gasteiger partial charge in [0.1, 0.15) is 0 Å². The second kappa shape index (κ2) is 8.41. The Morgan fingerprint density at radius 3 is 2.59 bits per heavy atom. The van der Waals surface area contributed by atoms with Gasteiger partial charge in [-0.3, -0.25) is 4.79 Å². The molecule has 1 amide bonds. The predicted octanol–water partition coefficient (Wildman–Crippen LogP) is 3.93. The third-order valence-corrected chi connectivity index (χ3v) is 4.73. The zero-order valence-electron chi connectivity index (χ0n) is 13.1. The van der Waals surface area contributed by atoms with Crippen molar-refractivity contribution in [3.63, 3.8) is 0 Å². The van der Waals surface area contributed by atoms with Gasteiger partial charge in [-0.25, -0.2) is 0 Å². The van der Waals surface area contributed by atoms with Crippen LogP contribution in [0.1, 0.15) is 42.5 Å². The van der Waals surface area contributed by atoms with Crippen molar-refractivity contribution < 1.29 is 14.3 Å². The molecule has 120 valence electrons. The van der Waals surface area contributed by atoms with Crippen LogP contribution in [0, 0.1) is 3.57 Å². The molecule has 0 fully saturated rings. The Labute approximate surface area is 145 Å². The molecule has 4 nitrogen and oxygen atoms in total.